The standard InChI is InChI=1S/C21H33N3O9S3.C2H6.FH/c1-3-36-15-6-18(27)33-12-9-24-20(29)22(7-10-31-16(25)4-13-34)19(28)23(21(24)30)8-11-32-17(26)5-14-35-2;1-2;/h34H,3-15H2,1-2H3;1-2H3;1H. The quantitative estimate of drug-likeness (QED) is 0.110. The van der Waals surface area contributed by atoms with E-state index >= 15 is 0 Å². The van der Waals surface area contributed by atoms with Crippen molar-refractivity contribution in [1.82, 2.24) is 13.7 Å². The summed E-state index contributed by atoms with van der Waals surface area (Å²) in [7, 11) is 0. The lowest BCUT2D eigenvalue weighted by Crippen LogP contribution is -2.55. The summed E-state index contributed by atoms with van der Waals surface area (Å²) in [5.74, 6) is 0.813. The summed E-state index contributed by atoms with van der Waals surface area (Å²) in [6.07, 6.45) is 2.28. The lowest BCUT2D eigenvalue weighted by atomic mass is 10.5. The van der Waals surface area contributed by atoms with Gasteiger partial charge in [0.2, 0.25) is 0 Å². The van der Waals surface area contributed by atoms with E-state index < -0.39 is 35.0 Å². The second kappa shape index (κ2) is 23.7. The molecule has 0 atom stereocenters. The van der Waals surface area contributed by atoms with E-state index in [4.69, 9.17) is 14.2 Å². The number of nitrogens with zero attached hydrogens (tertiary/aromatic N) is 3. The van der Waals surface area contributed by atoms with Crippen LogP contribution >= 0.6 is 36.2 Å². The van der Waals surface area contributed by atoms with Gasteiger partial charge in [-0.15, -0.1) is 0 Å². The number of aromatic nitrogens is 3. The SMILES string of the molecule is CC.CCSCCC(=O)OCCn1c(=O)n(CCOC(=O)CCS)c(=O)n(CCOC(=O)CCSC)c1=O.F. The average molecular weight is 618 g/mol. The Labute approximate surface area is 240 Å². The van der Waals surface area contributed by atoms with E-state index in [9.17, 15) is 28.8 Å². The summed E-state index contributed by atoms with van der Waals surface area (Å²) in [6, 6.07) is 0. The molecule has 0 spiro atoms. The van der Waals surface area contributed by atoms with E-state index in [0.717, 1.165) is 19.5 Å². The second-order valence-corrected chi connectivity index (χ2v) is 9.95. The highest BCUT2D eigenvalue weighted by Crippen LogP contribution is 2.02. The maximum Gasteiger partial charge on any atom is 0.336 e. The molecule has 1 heterocycles. The number of hydrogen-bond acceptors (Lipinski definition) is 12. The first kappa shape index (κ1) is 38.9. The monoisotopic (exact) mass is 617 g/mol. The lowest BCUT2D eigenvalue weighted by molar-refractivity contribution is -0.144. The van der Waals surface area contributed by atoms with Gasteiger partial charge in [0.05, 0.1) is 38.9 Å². The Morgan fingerprint density at radius 2 is 1.08 bits per heavy atom. The number of halogens is 1. The third-order valence-corrected chi connectivity index (χ3v) is 6.34. The van der Waals surface area contributed by atoms with Gasteiger partial charge in [0.1, 0.15) is 19.8 Å². The van der Waals surface area contributed by atoms with Gasteiger partial charge in [-0.05, 0) is 12.0 Å². The highest BCUT2D eigenvalue weighted by molar-refractivity contribution is 7.99. The number of thiol groups is 1. The van der Waals surface area contributed by atoms with Crippen LogP contribution in [-0.4, -0.2) is 80.7 Å². The van der Waals surface area contributed by atoms with Crippen molar-refractivity contribution < 1.29 is 33.3 Å². The van der Waals surface area contributed by atoms with Crippen LogP contribution in [0.1, 0.15) is 40.0 Å². The fraction of sp³-hybridized carbons (Fsp3) is 0.739. The van der Waals surface area contributed by atoms with Gasteiger partial charge < -0.3 is 14.2 Å². The molecule has 0 saturated carbocycles. The molecule has 226 valence electrons. The zero-order chi connectivity index (χ0) is 28.9. The summed E-state index contributed by atoms with van der Waals surface area (Å²) >= 11 is 6.99. The first-order valence-electron chi connectivity index (χ1n) is 12.4. The molecule has 39 heavy (non-hydrogen) atoms. The van der Waals surface area contributed by atoms with Crippen LogP contribution in [0, 0.1) is 0 Å². The fourth-order valence-electron chi connectivity index (χ4n) is 2.80. The molecule has 12 nitrogen and oxygen atoms in total. The van der Waals surface area contributed by atoms with Gasteiger partial charge in [0, 0.05) is 17.3 Å². The van der Waals surface area contributed by atoms with E-state index in [1.54, 1.807) is 11.8 Å². The Bertz CT molecular complexity index is 1040. The summed E-state index contributed by atoms with van der Waals surface area (Å²) in [4.78, 5) is 73.8. The molecule has 1 rings (SSSR count). The molecule has 16 heteroatoms. The van der Waals surface area contributed by atoms with Gasteiger partial charge >= 0.3 is 35.0 Å². The number of ether oxygens (including phenoxy) is 3. The van der Waals surface area contributed by atoms with E-state index in [1.165, 1.54) is 11.8 Å². The van der Waals surface area contributed by atoms with Crippen LogP contribution < -0.4 is 17.1 Å². The third-order valence-electron chi connectivity index (χ3n) is 4.60. The molecule has 0 unspecified atom stereocenters. The zero-order valence-electron chi connectivity index (χ0n) is 22.9. The Hall–Kier alpha value is -2.20. The first-order valence-corrected chi connectivity index (χ1v) is 15.5. The van der Waals surface area contributed by atoms with Gasteiger partial charge in [-0.25, -0.2) is 28.1 Å². The zero-order valence-corrected chi connectivity index (χ0v) is 25.4. The predicted molar refractivity (Wildman–Crippen MR) is 155 cm³/mol. The first-order chi connectivity index (χ1) is 18.3. The molecule has 0 saturated heterocycles. The van der Waals surface area contributed by atoms with Crippen molar-refractivity contribution in [2.24, 2.45) is 0 Å². The molecule has 0 fully saturated rings. The number of thioether (sulfide) groups is 2. The molecule has 0 aliphatic heterocycles. The molecule has 0 amide bonds. The predicted octanol–water partition coefficient (Wildman–Crippen LogP) is 1.20. The molecule has 0 N–H and O–H groups in total. The summed E-state index contributed by atoms with van der Waals surface area (Å²) in [5.41, 5.74) is -2.78. The molecule has 0 radical (unpaired) electrons. The molecule has 0 bridgehead atoms. The van der Waals surface area contributed by atoms with E-state index in [0.29, 0.717) is 11.5 Å². The van der Waals surface area contributed by atoms with Crippen LogP contribution in [-0.2, 0) is 48.2 Å². The van der Waals surface area contributed by atoms with Crippen LogP contribution in [0.5, 0.6) is 0 Å². The summed E-state index contributed by atoms with van der Waals surface area (Å²) in [5, 5.41) is 0. The van der Waals surface area contributed by atoms with Crippen LogP contribution in [0.3, 0.4) is 0 Å². The minimum Gasteiger partial charge on any atom is -0.464 e. The molecule has 1 aromatic rings. The van der Waals surface area contributed by atoms with Crippen molar-refractivity contribution in [1.29, 1.82) is 0 Å². The van der Waals surface area contributed by atoms with Gasteiger partial charge in [-0.3, -0.25) is 19.1 Å². The molecular weight excluding hydrogens is 577 g/mol. The minimum absolute atomic E-state index is 0. The van der Waals surface area contributed by atoms with Crippen molar-refractivity contribution in [3.63, 3.8) is 0 Å². The number of carbonyl (C=O) groups excluding carboxylic acids is 3. The van der Waals surface area contributed by atoms with Gasteiger partial charge in [0.25, 0.3) is 0 Å². The number of rotatable bonds is 18. The fourth-order valence-corrected chi connectivity index (χ4v) is 3.95. The van der Waals surface area contributed by atoms with Crippen LogP contribution in [0.15, 0.2) is 14.4 Å². The van der Waals surface area contributed by atoms with Crippen molar-refractivity contribution >= 4 is 54.1 Å². The molecule has 0 aromatic carbocycles. The van der Waals surface area contributed by atoms with Crippen molar-refractivity contribution in [2.75, 3.05) is 49.1 Å². The minimum atomic E-state index is -0.930. The highest BCUT2D eigenvalue weighted by atomic mass is 32.2. The molecule has 0 aliphatic rings. The van der Waals surface area contributed by atoms with Gasteiger partial charge in [-0.1, -0.05) is 20.8 Å². The van der Waals surface area contributed by atoms with E-state index in [-0.39, 0.29) is 69.2 Å². The van der Waals surface area contributed by atoms with E-state index in [2.05, 4.69) is 12.6 Å². The summed E-state index contributed by atoms with van der Waals surface area (Å²) in [6.45, 7) is 4.35. The number of hydrogen-bond donors (Lipinski definition) is 1. The topological polar surface area (TPSA) is 145 Å². The Kier molecular flexibility index (Phi) is 23.6. The summed E-state index contributed by atoms with van der Waals surface area (Å²) < 4.78 is 17.4. The smallest absolute Gasteiger partial charge is 0.336 e. The van der Waals surface area contributed by atoms with Crippen LogP contribution in [0.2, 0.25) is 0 Å². The Morgan fingerprint density at radius 1 is 0.718 bits per heavy atom. The Morgan fingerprint density at radius 3 is 1.41 bits per heavy atom. The molecule has 0 aliphatic carbocycles. The molecule has 1 aromatic heterocycles. The largest absolute Gasteiger partial charge is 0.464 e. The highest BCUT2D eigenvalue weighted by Gasteiger charge is 2.17. The third kappa shape index (κ3) is 15.2. The van der Waals surface area contributed by atoms with Gasteiger partial charge in [0.15, 0.2) is 0 Å². The van der Waals surface area contributed by atoms with Crippen LogP contribution in [0.4, 0.5) is 4.70 Å². The van der Waals surface area contributed by atoms with E-state index in [1.807, 2.05) is 27.0 Å². The normalized spacial score (nSPS) is 10.1. The second-order valence-electron chi connectivity index (χ2n) is 7.13. The maximum atomic E-state index is 12.9. The number of esters is 3. The average Bonchev–Trinajstić information content (AvgIpc) is 2.90. The lowest BCUT2D eigenvalue weighted by Gasteiger charge is -2.14. The van der Waals surface area contributed by atoms with Crippen molar-refractivity contribution in [3.05, 3.63) is 31.5 Å². The van der Waals surface area contributed by atoms with Crippen molar-refractivity contribution in [2.45, 2.75) is 59.7 Å². The number of carbonyl (C=O) groups is 3. The molecular formula is C23H40FN3O9S3. The van der Waals surface area contributed by atoms with Gasteiger partial charge in [-0.2, -0.15) is 36.2 Å². The van der Waals surface area contributed by atoms with Crippen molar-refractivity contribution in [3.8, 4) is 0 Å². The van der Waals surface area contributed by atoms with Crippen LogP contribution in [0.25, 0.3) is 0 Å². The Balaban J connectivity index is 0. The maximum absolute atomic E-state index is 12.9.